The van der Waals surface area contributed by atoms with E-state index in [1.807, 2.05) is 0 Å². The second-order valence-electron chi connectivity index (χ2n) is 18.3. The van der Waals surface area contributed by atoms with Crippen molar-refractivity contribution in [2.24, 2.45) is 0 Å². The fourth-order valence-electron chi connectivity index (χ4n) is 7.95. The molecule has 0 saturated heterocycles. The van der Waals surface area contributed by atoms with Crippen LogP contribution in [0.15, 0.2) is 60.8 Å². The van der Waals surface area contributed by atoms with Gasteiger partial charge in [0.2, 0.25) is 0 Å². The highest BCUT2D eigenvalue weighted by molar-refractivity contribution is 5.70. The Labute approximate surface area is 391 Å². The monoisotopic (exact) mass is 881 g/mol. The van der Waals surface area contributed by atoms with Gasteiger partial charge in [0, 0.05) is 12.8 Å². The Morgan fingerprint density at radius 1 is 0.381 bits per heavy atom. The van der Waals surface area contributed by atoms with Gasteiger partial charge in [-0.1, -0.05) is 248 Å². The normalized spacial score (nSPS) is 12.6. The van der Waals surface area contributed by atoms with Gasteiger partial charge in [0.15, 0.2) is 6.10 Å². The molecule has 366 valence electrons. The van der Waals surface area contributed by atoms with Crippen molar-refractivity contribution in [3.05, 3.63) is 60.8 Å². The number of ether oxygens (including phenoxy) is 2. The number of aliphatic hydroxyl groups excluding tert-OH is 1. The molecular formula is C58H104O5. The fourth-order valence-corrected chi connectivity index (χ4v) is 7.95. The third-order valence-electron chi connectivity index (χ3n) is 12.0. The predicted molar refractivity (Wildman–Crippen MR) is 274 cm³/mol. The number of aliphatic hydroxyl groups is 1. The second kappa shape index (κ2) is 53.9. The molecule has 0 radical (unpaired) electrons. The number of allylic oxidation sites excluding steroid dienone is 10. The lowest BCUT2D eigenvalue weighted by molar-refractivity contribution is -0.161. The molecule has 1 N–H and O–H groups in total. The van der Waals surface area contributed by atoms with Crippen molar-refractivity contribution in [1.29, 1.82) is 0 Å². The van der Waals surface area contributed by atoms with E-state index in [0.717, 1.165) is 70.6 Å². The van der Waals surface area contributed by atoms with Crippen LogP contribution < -0.4 is 0 Å². The molecule has 0 aromatic rings. The van der Waals surface area contributed by atoms with Crippen molar-refractivity contribution in [3.8, 4) is 0 Å². The Kier molecular flexibility index (Phi) is 51.9. The van der Waals surface area contributed by atoms with Crippen LogP contribution in [0.25, 0.3) is 0 Å². The molecule has 0 amide bonds. The third kappa shape index (κ3) is 52.1. The van der Waals surface area contributed by atoms with Gasteiger partial charge in [-0.05, 0) is 77.0 Å². The van der Waals surface area contributed by atoms with Crippen LogP contribution in [0, 0.1) is 0 Å². The van der Waals surface area contributed by atoms with Gasteiger partial charge < -0.3 is 14.6 Å². The van der Waals surface area contributed by atoms with E-state index in [-0.39, 0.29) is 25.2 Å². The number of rotatable bonds is 50. The molecular weight excluding hydrogens is 777 g/mol. The van der Waals surface area contributed by atoms with Crippen LogP contribution in [0.3, 0.4) is 0 Å². The number of hydrogen-bond acceptors (Lipinski definition) is 5. The minimum Gasteiger partial charge on any atom is -0.462 e. The molecule has 1 unspecified atom stereocenters. The first-order valence-corrected chi connectivity index (χ1v) is 27.3. The van der Waals surface area contributed by atoms with Crippen LogP contribution >= 0.6 is 0 Å². The molecule has 0 spiro atoms. The summed E-state index contributed by atoms with van der Waals surface area (Å²) in [5.74, 6) is -0.590. The Morgan fingerprint density at radius 2 is 0.683 bits per heavy atom. The van der Waals surface area contributed by atoms with E-state index in [1.54, 1.807) is 0 Å². The summed E-state index contributed by atoms with van der Waals surface area (Å²) in [5, 5.41) is 9.62. The van der Waals surface area contributed by atoms with Crippen LogP contribution in [0.2, 0.25) is 0 Å². The maximum atomic E-state index is 12.3. The summed E-state index contributed by atoms with van der Waals surface area (Å²) < 4.78 is 10.7. The standard InChI is InChI=1S/C58H104O5/c1-3-5-7-9-11-13-15-17-19-20-21-22-23-24-25-26-27-28-29-30-31-32-33-34-35-36-37-38-39-41-43-45-47-49-51-53-58(61)63-56(54-59)55-62-57(60)52-50-48-46-44-42-40-18-16-14-12-10-8-6-4-2/h5,7,11,13,16-19,21-22,56,59H,3-4,6,8-10,12,14-15,20,23-55H2,1-2H3/b7-5-,13-11-,18-16-,19-17-,22-21-. The summed E-state index contributed by atoms with van der Waals surface area (Å²) in [6.07, 6.45) is 72.0. The molecule has 0 aliphatic rings. The van der Waals surface area contributed by atoms with Gasteiger partial charge in [0.25, 0.3) is 0 Å². The molecule has 5 heteroatoms. The zero-order chi connectivity index (χ0) is 45.6. The maximum absolute atomic E-state index is 12.3. The van der Waals surface area contributed by atoms with Crippen molar-refractivity contribution >= 4 is 11.9 Å². The highest BCUT2D eigenvalue weighted by atomic mass is 16.6. The molecule has 63 heavy (non-hydrogen) atoms. The first-order chi connectivity index (χ1) is 31.1. The molecule has 1 atom stereocenters. The minimum atomic E-state index is -0.773. The maximum Gasteiger partial charge on any atom is 0.306 e. The lowest BCUT2D eigenvalue weighted by atomic mass is 10.0. The molecule has 0 rings (SSSR count). The highest BCUT2D eigenvalue weighted by Gasteiger charge is 2.16. The molecule has 5 nitrogen and oxygen atoms in total. The van der Waals surface area contributed by atoms with E-state index < -0.39 is 6.10 Å². The Morgan fingerprint density at radius 3 is 1.05 bits per heavy atom. The molecule has 0 saturated carbocycles. The van der Waals surface area contributed by atoms with Gasteiger partial charge in [-0.2, -0.15) is 0 Å². The van der Waals surface area contributed by atoms with Gasteiger partial charge in [-0.25, -0.2) is 0 Å². The number of unbranched alkanes of at least 4 members (excludes halogenated alkanes) is 32. The first-order valence-electron chi connectivity index (χ1n) is 27.3. The molecule has 0 bridgehead atoms. The number of carbonyl (C=O) groups excluding carboxylic acids is 2. The van der Waals surface area contributed by atoms with Gasteiger partial charge >= 0.3 is 11.9 Å². The van der Waals surface area contributed by atoms with Crippen LogP contribution in [0.4, 0.5) is 0 Å². The van der Waals surface area contributed by atoms with E-state index in [9.17, 15) is 14.7 Å². The van der Waals surface area contributed by atoms with E-state index in [1.165, 1.54) is 180 Å². The molecule has 0 fully saturated rings. The van der Waals surface area contributed by atoms with Crippen molar-refractivity contribution in [3.63, 3.8) is 0 Å². The topological polar surface area (TPSA) is 72.8 Å². The zero-order valence-corrected chi connectivity index (χ0v) is 41.8. The van der Waals surface area contributed by atoms with Gasteiger partial charge in [0.05, 0.1) is 6.61 Å². The minimum absolute atomic E-state index is 0.0673. The lowest BCUT2D eigenvalue weighted by Crippen LogP contribution is -2.28. The summed E-state index contributed by atoms with van der Waals surface area (Å²) >= 11 is 0. The molecule has 0 aromatic carbocycles. The largest absolute Gasteiger partial charge is 0.462 e. The molecule has 0 aliphatic heterocycles. The number of carbonyl (C=O) groups is 2. The van der Waals surface area contributed by atoms with Gasteiger partial charge in [0.1, 0.15) is 6.61 Å². The van der Waals surface area contributed by atoms with Crippen molar-refractivity contribution in [2.45, 2.75) is 283 Å². The lowest BCUT2D eigenvalue weighted by Gasteiger charge is -2.15. The molecule has 0 heterocycles. The average Bonchev–Trinajstić information content (AvgIpc) is 3.29. The summed E-state index contributed by atoms with van der Waals surface area (Å²) in [7, 11) is 0. The van der Waals surface area contributed by atoms with E-state index in [4.69, 9.17) is 9.47 Å². The Balaban J connectivity index is 3.41. The van der Waals surface area contributed by atoms with E-state index >= 15 is 0 Å². The summed E-state index contributed by atoms with van der Waals surface area (Å²) in [6.45, 7) is 4.03. The summed E-state index contributed by atoms with van der Waals surface area (Å²) in [6, 6.07) is 0. The van der Waals surface area contributed by atoms with Crippen LogP contribution in [-0.4, -0.2) is 36.4 Å². The fraction of sp³-hybridized carbons (Fsp3) is 0.793. The average molecular weight is 881 g/mol. The second-order valence-corrected chi connectivity index (χ2v) is 18.3. The van der Waals surface area contributed by atoms with Crippen molar-refractivity contribution in [1.82, 2.24) is 0 Å². The molecule has 0 aromatic heterocycles. The Bertz CT molecular complexity index is 1090. The van der Waals surface area contributed by atoms with Gasteiger partial charge in [-0.15, -0.1) is 0 Å². The van der Waals surface area contributed by atoms with Crippen LogP contribution in [-0.2, 0) is 19.1 Å². The predicted octanol–water partition coefficient (Wildman–Crippen LogP) is 18.2. The number of esters is 2. The van der Waals surface area contributed by atoms with Crippen LogP contribution in [0.5, 0.6) is 0 Å². The summed E-state index contributed by atoms with van der Waals surface area (Å²) in [4.78, 5) is 24.4. The van der Waals surface area contributed by atoms with Crippen molar-refractivity contribution < 1.29 is 24.2 Å². The Hall–Kier alpha value is -2.40. The van der Waals surface area contributed by atoms with Crippen molar-refractivity contribution in [2.75, 3.05) is 13.2 Å². The first kappa shape index (κ1) is 60.6. The number of hydrogen-bond donors (Lipinski definition) is 1. The quantitative estimate of drug-likeness (QED) is 0.0374. The van der Waals surface area contributed by atoms with E-state index in [0.29, 0.717) is 12.8 Å². The van der Waals surface area contributed by atoms with Crippen LogP contribution in [0.1, 0.15) is 277 Å². The smallest absolute Gasteiger partial charge is 0.306 e. The van der Waals surface area contributed by atoms with E-state index in [2.05, 4.69) is 74.6 Å². The summed E-state index contributed by atoms with van der Waals surface area (Å²) in [5.41, 5.74) is 0. The SMILES string of the molecule is CC/C=C\C/C=C\C/C=C\C/C=C\CCCCCCCCCCCCCCCCCCCCCCCCC(=O)OC(CO)COC(=O)CCCCCCC/C=C\CCCCCCC. The molecule has 0 aliphatic carbocycles. The van der Waals surface area contributed by atoms with Gasteiger partial charge in [-0.3, -0.25) is 9.59 Å². The zero-order valence-electron chi connectivity index (χ0n) is 41.8. The third-order valence-corrected chi connectivity index (χ3v) is 12.0. The highest BCUT2D eigenvalue weighted by Crippen LogP contribution is 2.17.